The summed E-state index contributed by atoms with van der Waals surface area (Å²) in [4.78, 5) is 3.34. The molecule has 86 valence electrons. The van der Waals surface area contributed by atoms with Crippen molar-refractivity contribution in [1.29, 1.82) is 5.26 Å². The standard InChI is InChI=1S/C8H5ClF3N3O/c9-2-5-4(3-13)1-6(14)15-7(5)16-8(10,11)12/h1H,2H2,(H2,14,15). The molecule has 1 aromatic rings. The Morgan fingerprint density at radius 3 is 2.62 bits per heavy atom. The summed E-state index contributed by atoms with van der Waals surface area (Å²) in [6, 6.07) is 2.79. The largest absolute Gasteiger partial charge is 0.574 e. The molecule has 8 heteroatoms. The van der Waals surface area contributed by atoms with Gasteiger partial charge in [-0.25, -0.2) is 0 Å². The number of hydrogen-bond acceptors (Lipinski definition) is 4. The van der Waals surface area contributed by atoms with Crippen LogP contribution in [-0.2, 0) is 5.88 Å². The lowest BCUT2D eigenvalue weighted by Gasteiger charge is -2.12. The topological polar surface area (TPSA) is 71.9 Å². The molecule has 4 nitrogen and oxygen atoms in total. The summed E-state index contributed by atoms with van der Waals surface area (Å²) in [7, 11) is 0. The first-order valence-corrected chi connectivity index (χ1v) is 4.42. The number of aromatic nitrogens is 1. The Morgan fingerprint density at radius 2 is 2.19 bits per heavy atom. The first kappa shape index (κ1) is 12.4. The van der Waals surface area contributed by atoms with Crippen LogP contribution in [0.5, 0.6) is 5.88 Å². The molecule has 0 saturated heterocycles. The van der Waals surface area contributed by atoms with Gasteiger partial charge in [0.2, 0.25) is 5.88 Å². The number of alkyl halides is 4. The van der Waals surface area contributed by atoms with Gasteiger partial charge in [0.15, 0.2) is 0 Å². The highest BCUT2D eigenvalue weighted by atomic mass is 35.5. The van der Waals surface area contributed by atoms with E-state index in [4.69, 9.17) is 22.6 Å². The highest BCUT2D eigenvalue weighted by Crippen LogP contribution is 2.29. The maximum absolute atomic E-state index is 12.0. The van der Waals surface area contributed by atoms with Gasteiger partial charge in [-0.1, -0.05) is 0 Å². The van der Waals surface area contributed by atoms with E-state index in [1.807, 2.05) is 0 Å². The third-order valence-electron chi connectivity index (χ3n) is 1.57. The number of anilines is 1. The fraction of sp³-hybridized carbons (Fsp3) is 0.250. The highest BCUT2D eigenvalue weighted by molar-refractivity contribution is 6.17. The summed E-state index contributed by atoms with van der Waals surface area (Å²) in [5, 5.41) is 8.67. The summed E-state index contributed by atoms with van der Waals surface area (Å²) in [5.74, 6) is -1.37. The minimum atomic E-state index is -4.91. The van der Waals surface area contributed by atoms with Gasteiger partial charge >= 0.3 is 6.36 Å². The molecule has 0 aromatic carbocycles. The van der Waals surface area contributed by atoms with E-state index in [0.29, 0.717) is 0 Å². The van der Waals surface area contributed by atoms with Gasteiger partial charge in [-0.2, -0.15) is 10.2 Å². The van der Waals surface area contributed by atoms with Crippen molar-refractivity contribution < 1.29 is 17.9 Å². The van der Waals surface area contributed by atoms with Crippen LogP contribution in [0.3, 0.4) is 0 Å². The lowest BCUT2D eigenvalue weighted by molar-refractivity contribution is -0.276. The number of pyridine rings is 1. The SMILES string of the molecule is N#Cc1cc(N)nc(OC(F)(F)F)c1CCl. The average Bonchev–Trinajstić information content (AvgIpc) is 2.14. The molecule has 0 saturated carbocycles. The van der Waals surface area contributed by atoms with Crippen molar-refractivity contribution in [2.75, 3.05) is 5.73 Å². The molecular weight excluding hydrogens is 247 g/mol. The minimum Gasteiger partial charge on any atom is -0.387 e. The lowest BCUT2D eigenvalue weighted by Crippen LogP contribution is -2.19. The van der Waals surface area contributed by atoms with Gasteiger partial charge in [0, 0.05) is 5.56 Å². The second kappa shape index (κ2) is 4.45. The maximum Gasteiger partial charge on any atom is 0.574 e. The molecule has 0 radical (unpaired) electrons. The fourth-order valence-electron chi connectivity index (χ4n) is 0.990. The van der Waals surface area contributed by atoms with E-state index in [1.165, 1.54) is 0 Å². The molecule has 0 spiro atoms. The van der Waals surface area contributed by atoms with E-state index in [9.17, 15) is 13.2 Å². The second-order valence-electron chi connectivity index (χ2n) is 2.67. The highest BCUT2D eigenvalue weighted by Gasteiger charge is 2.33. The van der Waals surface area contributed by atoms with Crippen LogP contribution in [0.25, 0.3) is 0 Å². The van der Waals surface area contributed by atoms with Crippen LogP contribution in [0.15, 0.2) is 6.07 Å². The normalized spacial score (nSPS) is 10.9. The predicted octanol–water partition coefficient (Wildman–Crippen LogP) is 2.17. The molecule has 0 aliphatic carbocycles. The lowest BCUT2D eigenvalue weighted by atomic mass is 10.1. The van der Waals surface area contributed by atoms with E-state index in [1.54, 1.807) is 6.07 Å². The third kappa shape index (κ3) is 2.90. The van der Waals surface area contributed by atoms with Crippen molar-refractivity contribution >= 4 is 17.4 Å². The number of ether oxygens (including phenoxy) is 1. The summed E-state index contributed by atoms with van der Waals surface area (Å²) in [5.41, 5.74) is 4.99. The summed E-state index contributed by atoms with van der Waals surface area (Å²) < 4.78 is 39.6. The van der Waals surface area contributed by atoms with Crippen LogP contribution in [0.1, 0.15) is 11.1 Å². The zero-order valence-electron chi connectivity index (χ0n) is 7.68. The summed E-state index contributed by atoms with van der Waals surface area (Å²) in [6.45, 7) is 0. The third-order valence-corrected chi connectivity index (χ3v) is 1.84. The van der Waals surface area contributed by atoms with Gasteiger partial charge in [0.25, 0.3) is 0 Å². The number of hydrogen-bond donors (Lipinski definition) is 1. The van der Waals surface area contributed by atoms with Gasteiger partial charge < -0.3 is 10.5 Å². The molecule has 1 aromatic heterocycles. The predicted molar refractivity (Wildman–Crippen MR) is 49.6 cm³/mol. The van der Waals surface area contributed by atoms with Crippen LogP contribution in [0, 0.1) is 11.3 Å². The van der Waals surface area contributed by atoms with E-state index in [2.05, 4.69) is 9.72 Å². The maximum atomic E-state index is 12.0. The van der Waals surface area contributed by atoms with Crippen molar-refractivity contribution in [2.45, 2.75) is 12.2 Å². The molecule has 0 aliphatic rings. The zero-order chi connectivity index (χ0) is 12.3. The van der Waals surface area contributed by atoms with E-state index < -0.39 is 12.2 Å². The van der Waals surface area contributed by atoms with Gasteiger partial charge in [-0.15, -0.1) is 24.8 Å². The molecule has 1 heterocycles. The summed E-state index contributed by atoms with van der Waals surface area (Å²) in [6.07, 6.45) is -4.91. The first-order valence-electron chi connectivity index (χ1n) is 3.88. The van der Waals surface area contributed by atoms with Gasteiger partial charge in [-0.05, 0) is 6.07 Å². The van der Waals surface area contributed by atoms with Crippen molar-refractivity contribution in [2.24, 2.45) is 0 Å². The Morgan fingerprint density at radius 1 is 1.56 bits per heavy atom. The van der Waals surface area contributed by atoms with Crippen LogP contribution in [0.2, 0.25) is 0 Å². The molecule has 16 heavy (non-hydrogen) atoms. The molecule has 2 N–H and O–H groups in total. The van der Waals surface area contributed by atoms with Crippen LogP contribution in [0.4, 0.5) is 19.0 Å². The van der Waals surface area contributed by atoms with Crippen molar-refractivity contribution in [3.63, 3.8) is 0 Å². The Balaban J connectivity index is 3.27. The number of nitrogens with two attached hydrogens (primary N) is 1. The number of rotatable bonds is 2. The monoisotopic (exact) mass is 251 g/mol. The molecule has 1 rings (SSSR count). The smallest absolute Gasteiger partial charge is 0.387 e. The number of nitrogens with zero attached hydrogens (tertiary/aromatic N) is 2. The van der Waals surface area contributed by atoms with Crippen LogP contribution >= 0.6 is 11.6 Å². The Hall–Kier alpha value is -1.68. The molecule has 0 bridgehead atoms. The summed E-state index contributed by atoms with van der Waals surface area (Å²) >= 11 is 5.42. The Labute approximate surface area is 93.4 Å². The first-order chi connectivity index (χ1) is 7.37. The number of nitriles is 1. The average molecular weight is 252 g/mol. The molecule has 0 unspecified atom stereocenters. The van der Waals surface area contributed by atoms with Crippen molar-refractivity contribution in [3.8, 4) is 11.9 Å². The quantitative estimate of drug-likeness (QED) is 0.818. The van der Waals surface area contributed by atoms with Crippen LogP contribution in [-0.4, -0.2) is 11.3 Å². The number of halogens is 4. The van der Waals surface area contributed by atoms with E-state index >= 15 is 0 Å². The molecule has 0 fully saturated rings. The van der Waals surface area contributed by atoms with Crippen LogP contribution < -0.4 is 10.5 Å². The molecule has 0 amide bonds. The zero-order valence-corrected chi connectivity index (χ0v) is 8.43. The number of nitrogen functional groups attached to an aromatic ring is 1. The van der Waals surface area contributed by atoms with Gasteiger partial charge in [0.05, 0.1) is 17.5 Å². The molecular formula is C8H5ClF3N3O. The Bertz CT molecular complexity index is 441. The molecule has 0 atom stereocenters. The van der Waals surface area contributed by atoms with Crippen molar-refractivity contribution in [3.05, 3.63) is 17.2 Å². The Kier molecular flexibility index (Phi) is 3.44. The minimum absolute atomic E-state index is 0.0956. The van der Waals surface area contributed by atoms with Gasteiger partial charge in [0.1, 0.15) is 5.82 Å². The molecule has 0 aliphatic heterocycles. The van der Waals surface area contributed by atoms with Gasteiger partial charge in [-0.3, -0.25) is 0 Å². The van der Waals surface area contributed by atoms with E-state index in [-0.39, 0.29) is 22.8 Å². The van der Waals surface area contributed by atoms with Crippen molar-refractivity contribution in [1.82, 2.24) is 4.98 Å². The second-order valence-corrected chi connectivity index (χ2v) is 2.94. The van der Waals surface area contributed by atoms with E-state index in [0.717, 1.165) is 6.07 Å². The fourth-order valence-corrected chi connectivity index (χ4v) is 1.25.